The van der Waals surface area contributed by atoms with Gasteiger partial charge in [0.15, 0.2) is 5.13 Å². The fourth-order valence-corrected chi connectivity index (χ4v) is 4.77. The number of thiazole rings is 1. The van der Waals surface area contributed by atoms with E-state index in [0.717, 1.165) is 29.0 Å². The van der Waals surface area contributed by atoms with Crippen LogP contribution < -0.4 is 16.2 Å². The maximum atomic E-state index is 12.7. The van der Waals surface area contributed by atoms with Crippen LogP contribution in [0.3, 0.4) is 0 Å². The zero-order valence-electron chi connectivity index (χ0n) is 13.7. The lowest BCUT2D eigenvalue weighted by Gasteiger charge is -2.26. The number of anilines is 1. The number of hydrazine groups is 1. The van der Waals surface area contributed by atoms with E-state index in [4.69, 9.17) is 0 Å². The zero-order chi connectivity index (χ0) is 16.5. The maximum Gasteiger partial charge on any atom is 0.244 e. The topological polar surface area (TPSA) is 66.0 Å². The Bertz CT molecular complexity index is 730. The minimum Gasteiger partial charge on any atom is -0.301 e. The van der Waals surface area contributed by atoms with E-state index in [-0.39, 0.29) is 11.9 Å². The Labute approximate surface area is 145 Å². The standard InChI is InChI=1S/C18H22N4OS/c1-11-16(12-7-3-2-4-8-12)24-18(19-11)20-17(23)15-13-9-5-6-10-14(13)21-22-15/h2-4,7-8,13-15,21-22H,5-6,9-10H2,1H3,(H,19,20,23). The molecular formula is C18H22N4OS. The molecule has 3 atom stereocenters. The number of nitrogens with zero attached hydrogens (tertiary/aromatic N) is 1. The molecule has 0 radical (unpaired) electrons. The number of benzene rings is 1. The molecule has 3 N–H and O–H groups in total. The predicted octanol–water partition coefficient (Wildman–Crippen LogP) is 3.09. The first kappa shape index (κ1) is 15.7. The van der Waals surface area contributed by atoms with Crippen LogP contribution in [0, 0.1) is 12.8 Å². The highest BCUT2D eigenvalue weighted by Gasteiger charge is 2.41. The minimum absolute atomic E-state index is 0.0188. The summed E-state index contributed by atoms with van der Waals surface area (Å²) in [5.74, 6) is 0.402. The molecule has 0 bridgehead atoms. The van der Waals surface area contributed by atoms with Crippen molar-refractivity contribution in [1.29, 1.82) is 0 Å². The van der Waals surface area contributed by atoms with Gasteiger partial charge in [-0.2, -0.15) is 0 Å². The molecule has 1 aromatic carbocycles. The lowest BCUT2D eigenvalue weighted by molar-refractivity contribution is -0.118. The van der Waals surface area contributed by atoms with Crippen molar-refractivity contribution < 1.29 is 4.79 Å². The zero-order valence-corrected chi connectivity index (χ0v) is 14.5. The van der Waals surface area contributed by atoms with E-state index in [9.17, 15) is 4.79 Å². The molecule has 2 aromatic rings. The second-order valence-electron chi connectivity index (χ2n) is 6.61. The van der Waals surface area contributed by atoms with Gasteiger partial charge in [-0.1, -0.05) is 54.5 Å². The lowest BCUT2D eigenvalue weighted by Crippen LogP contribution is -2.42. The molecule has 1 aliphatic heterocycles. The van der Waals surface area contributed by atoms with Crippen molar-refractivity contribution in [2.24, 2.45) is 5.92 Å². The van der Waals surface area contributed by atoms with Gasteiger partial charge in [-0.15, -0.1) is 0 Å². The molecule has 6 heteroatoms. The summed E-state index contributed by atoms with van der Waals surface area (Å²) < 4.78 is 0. The second-order valence-corrected chi connectivity index (χ2v) is 7.61. The summed E-state index contributed by atoms with van der Waals surface area (Å²) >= 11 is 1.54. The number of hydrogen-bond acceptors (Lipinski definition) is 5. The third-order valence-electron chi connectivity index (χ3n) is 5.02. The number of amides is 1. The smallest absolute Gasteiger partial charge is 0.244 e. The van der Waals surface area contributed by atoms with E-state index in [1.54, 1.807) is 0 Å². The number of carbonyl (C=O) groups excluding carboxylic acids is 1. The first-order valence-electron chi connectivity index (χ1n) is 8.57. The molecule has 126 valence electrons. The Morgan fingerprint density at radius 2 is 2.00 bits per heavy atom. The number of aromatic nitrogens is 1. The molecule has 1 amide bonds. The summed E-state index contributed by atoms with van der Waals surface area (Å²) in [7, 11) is 0. The molecule has 2 fully saturated rings. The van der Waals surface area contributed by atoms with Crippen LogP contribution in [0.4, 0.5) is 5.13 Å². The summed E-state index contributed by atoms with van der Waals surface area (Å²) in [6.07, 6.45) is 4.71. The average molecular weight is 342 g/mol. The summed E-state index contributed by atoms with van der Waals surface area (Å²) in [5.41, 5.74) is 8.57. The van der Waals surface area contributed by atoms with Gasteiger partial charge in [0.25, 0.3) is 0 Å². The van der Waals surface area contributed by atoms with Gasteiger partial charge in [-0.25, -0.2) is 10.4 Å². The van der Waals surface area contributed by atoms with Crippen LogP contribution in [0.15, 0.2) is 30.3 Å². The fourth-order valence-electron chi connectivity index (χ4n) is 3.79. The summed E-state index contributed by atoms with van der Waals surface area (Å²) in [6.45, 7) is 1.99. The van der Waals surface area contributed by atoms with Crippen LogP contribution in [-0.2, 0) is 4.79 Å². The van der Waals surface area contributed by atoms with Gasteiger partial charge >= 0.3 is 0 Å². The van der Waals surface area contributed by atoms with E-state index < -0.39 is 0 Å². The molecule has 1 saturated carbocycles. The van der Waals surface area contributed by atoms with Crippen molar-refractivity contribution in [3.05, 3.63) is 36.0 Å². The van der Waals surface area contributed by atoms with E-state index in [2.05, 4.69) is 33.3 Å². The van der Waals surface area contributed by atoms with Crippen LogP contribution in [0.2, 0.25) is 0 Å². The molecule has 0 spiro atoms. The first-order valence-corrected chi connectivity index (χ1v) is 9.39. The summed E-state index contributed by atoms with van der Waals surface area (Å²) in [6, 6.07) is 10.4. The quantitative estimate of drug-likeness (QED) is 0.802. The SMILES string of the molecule is Cc1nc(NC(=O)C2NNC3CCCCC32)sc1-c1ccccc1. The van der Waals surface area contributed by atoms with Gasteiger partial charge < -0.3 is 5.32 Å². The number of fused-ring (bicyclic) bond motifs is 1. The Morgan fingerprint density at radius 1 is 1.21 bits per heavy atom. The number of carbonyl (C=O) groups is 1. The van der Waals surface area contributed by atoms with Crippen LogP contribution in [0.1, 0.15) is 31.4 Å². The monoisotopic (exact) mass is 342 g/mol. The highest BCUT2D eigenvalue weighted by atomic mass is 32.1. The minimum atomic E-state index is -0.167. The van der Waals surface area contributed by atoms with Gasteiger partial charge in [0.05, 0.1) is 10.6 Å². The van der Waals surface area contributed by atoms with Crippen LogP contribution in [-0.4, -0.2) is 23.0 Å². The first-order chi connectivity index (χ1) is 11.7. The van der Waals surface area contributed by atoms with Crippen molar-refractivity contribution in [3.8, 4) is 10.4 Å². The molecule has 2 aliphatic rings. The van der Waals surface area contributed by atoms with Gasteiger partial charge in [0, 0.05) is 12.0 Å². The number of nitrogens with one attached hydrogen (secondary N) is 3. The lowest BCUT2D eigenvalue weighted by atomic mass is 9.81. The fraction of sp³-hybridized carbons (Fsp3) is 0.444. The average Bonchev–Trinajstić information content (AvgIpc) is 3.19. The Morgan fingerprint density at radius 3 is 2.83 bits per heavy atom. The molecule has 1 saturated heterocycles. The molecule has 1 aromatic heterocycles. The van der Waals surface area contributed by atoms with Gasteiger partial charge in [-0.3, -0.25) is 10.2 Å². The van der Waals surface area contributed by atoms with E-state index in [1.807, 2.05) is 25.1 Å². The van der Waals surface area contributed by atoms with E-state index >= 15 is 0 Å². The maximum absolute atomic E-state index is 12.7. The predicted molar refractivity (Wildman–Crippen MR) is 96.7 cm³/mol. The molecule has 3 unspecified atom stereocenters. The van der Waals surface area contributed by atoms with E-state index in [0.29, 0.717) is 17.1 Å². The second kappa shape index (κ2) is 6.63. The largest absolute Gasteiger partial charge is 0.301 e. The number of rotatable bonds is 3. The molecular weight excluding hydrogens is 320 g/mol. The van der Waals surface area contributed by atoms with Crippen molar-refractivity contribution >= 4 is 22.4 Å². The third kappa shape index (κ3) is 2.97. The highest BCUT2D eigenvalue weighted by molar-refractivity contribution is 7.19. The number of aryl methyl sites for hydroxylation is 1. The van der Waals surface area contributed by atoms with Crippen molar-refractivity contribution in [2.75, 3.05) is 5.32 Å². The third-order valence-corrected chi connectivity index (χ3v) is 6.14. The Hall–Kier alpha value is -1.76. The molecule has 5 nitrogen and oxygen atoms in total. The number of hydrogen-bond donors (Lipinski definition) is 3. The van der Waals surface area contributed by atoms with Crippen LogP contribution in [0.5, 0.6) is 0 Å². The van der Waals surface area contributed by atoms with Gasteiger partial charge in [-0.05, 0) is 25.3 Å². The van der Waals surface area contributed by atoms with Gasteiger partial charge in [0.2, 0.25) is 5.91 Å². The molecule has 1 aliphatic carbocycles. The molecule has 2 heterocycles. The molecule has 4 rings (SSSR count). The Kier molecular flexibility index (Phi) is 4.35. The van der Waals surface area contributed by atoms with Crippen molar-refractivity contribution in [3.63, 3.8) is 0 Å². The van der Waals surface area contributed by atoms with E-state index in [1.165, 1.54) is 24.2 Å². The van der Waals surface area contributed by atoms with Crippen LogP contribution >= 0.6 is 11.3 Å². The highest BCUT2D eigenvalue weighted by Crippen LogP contribution is 2.34. The Balaban J connectivity index is 1.49. The van der Waals surface area contributed by atoms with Gasteiger partial charge in [0.1, 0.15) is 6.04 Å². The van der Waals surface area contributed by atoms with Crippen LogP contribution in [0.25, 0.3) is 10.4 Å². The normalized spacial score (nSPS) is 26.1. The summed E-state index contributed by atoms with van der Waals surface area (Å²) in [5, 5.41) is 3.69. The van der Waals surface area contributed by atoms with Crippen molar-refractivity contribution in [2.45, 2.75) is 44.7 Å². The summed E-state index contributed by atoms with van der Waals surface area (Å²) in [4.78, 5) is 18.3. The molecule has 24 heavy (non-hydrogen) atoms. The van der Waals surface area contributed by atoms with Crippen molar-refractivity contribution in [1.82, 2.24) is 15.8 Å².